The third-order valence-corrected chi connectivity index (χ3v) is 3.01. The molecule has 2 aliphatic rings. The van der Waals surface area contributed by atoms with Gasteiger partial charge in [0.2, 0.25) is 0 Å². The number of fused-ring (bicyclic) bond motifs is 1. The Kier molecular flexibility index (Phi) is 3.35. The van der Waals surface area contributed by atoms with Crippen LogP contribution in [0.2, 0.25) is 0 Å². The van der Waals surface area contributed by atoms with E-state index in [0.29, 0.717) is 12.8 Å². The summed E-state index contributed by atoms with van der Waals surface area (Å²) in [5, 5.41) is 9.88. The topological polar surface area (TPSA) is 47.9 Å². The zero-order valence-corrected chi connectivity index (χ0v) is 9.89. The van der Waals surface area contributed by atoms with Crippen LogP contribution in [-0.2, 0) is 14.2 Å². The normalized spacial score (nSPS) is 38.3. The van der Waals surface area contributed by atoms with E-state index in [1.54, 1.807) is 6.08 Å². The van der Waals surface area contributed by atoms with Crippen molar-refractivity contribution >= 4 is 0 Å². The Morgan fingerprint density at radius 2 is 2.25 bits per heavy atom. The maximum absolute atomic E-state index is 9.88. The average Bonchev–Trinajstić information content (AvgIpc) is 2.67. The van der Waals surface area contributed by atoms with Crippen molar-refractivity contribution in [2.75, 3.05) is 0 Å². The summed E-state index contributed by atoms with van der Waals surface area (Å²) >= 11 is 0. The molecule has 0 aromatic heterocycles. The van der Waals surface area contributed by atoms with Crippen LogP contribution < -0.4 is 0 Å². The average molecular weight is 228 g/mol. The van der Waals surface area contributed by atoms with Gasteiger partial charge in [-0.1, -0.05) is 6.08 Å². The molecule has 0 aliphatic carbocycles. The first-order valence-electron chi connectivity index (χ1n) is 5.82. The van der Waals surface area contributed by atoms with Crippen LogP contribution in [0, 0.1) is 0 Å². The quantitative estimate of drug-likeness (QED) is 0.742. The second kappa shape index (κ2) is 4.45. The van der Waals surface area contributed by atoms with E-state index < -0.39 is 11.9 Å². The lowest BCUT2D eigenvalue weighted by Gasteiger charge is -2.22. The summed E-state index contributed by atoms with van der Waals surface area (Å²) in [5.41, 5.74) is 0. The first-order chi connectivity index (χ1) is 7.52. The van der Waals surface area contributed by atoms with Crippen molar-refractivity contribution in [1.29, 1.82) is 0 Å². The molecule has 0 unspecified atom stereocenters. The van der Waals surface area contributed by atoms with Gasteiger partial charge in [0.15, 0.2) is 12.1 Å². The van der Waals surface area contributed by atoms with E-state index in [2.05, 4.69) is 6.58 Å². The monoisotopic (exact) mass is 228 g/mol. The molecule has 92 valence electrons. The molecule has 0 bridgehead atoms. The molecule has 4 nitrogen and oxygen atoms in total. The zero-order valence-electron chi connectivity index (χ0n) is 9.89. The minimum Gasteiger partial charge on any atom is -0.390 e. The Morgan fingerprint density at radius 3 is 2.88 bits per heavy atom. The molecule has 0 aromatic carbocycles. The number of aliphatic hydroxyl groups is 1. The molecule has 2 saturated heterocycles. The molecule has 4 atom stereocenters. The van der Waals surface area contributed by atoms with E-state index in [-0.39, 0.29) is 18.5 Å². The van der Waals surface area contributed by atoms with Gasteiger partial charge in [0.05, 0.1) is 12.2 Å². The summed E-state index contributed by atoms with van der Waals surface area (Å²) in [6, 6.07) is 0. The Morgan fingerprint density at radius 1 is 1.50 bits per heavy atom. The van der Waals surface area contributed by atoms with Gasteiger partial charge in [0.1, 0.15) is 6.10 Å². The molecule has 0 saturated carbocycles. The molecule has 2 fully saturated rings. The van der Waals surface area contributed by atoms with E-state index >= 15 is 0 Å². The Bertz CT molecular complexity index is 248. The SMILES string of the molecule is C=CCC[C@@H](O)[C@@H]1C[C@H]2OC(C)(C)O[C@H]2O1. The van der Waals surface area contributed by atoms with Crippen LogP contribution in [0.5, 0.6) is 0 Å². The highest BCUT2D eigenvalue weighted by atomic mass is 16.8. The van der Waals surface area contributed by atoms with Crippen molar-refractivity contribution < 1.29 is 19.3 Å². The number of rotatable bonds is 4. The predicted octanol–water partition coefficient (Wildman–Crippen LogP) is 1.58. The lowest BCUT2D eigenvalue weighted by atomic mass is 10.0. The zero-order chi connectivity index (χ0) is 11.8. The lowest BCUT2D eigenvalue weighted by molar-refractivity contribution is -0.214. The predicted molar refractivity (Wildman–Crippen MR) is 58.8 cm³/mol. The minimum atomic E-state index is -0.563. The summed E-state index contributed by atoms with van der Waals surface area (Å²) in [5.74, 6) is -0.563. The van der Waals surface area contributed by atoms with Crippen LogP contribution in [0.4, 0.5) is 0 Å². The third-order valence-electron chi connectivity index (χ3n) is 3.01. The van der Waals surface area contributed by atoms with Crippen molar-refractivity contribution in [2.24, 2.45) is 0 Å². The first kappa shape index (κ1) is 12.0. The fourth-order valence-corrected chi connectivity index (χ4v) is 2.26. The van der Waals surface area contributed by atoms with Crippen molar-refractivity contribution in [3.05, 3.63) is 12.7 Å². The van der Waals surface area contributed by atoms with Crippen molar-refractivity contribution in [2.45, 2.75) is 63.5 Å². The van der Waals surface area contributed by atoms with E-state index in [1.807, 2.05) is 13.8 Å². The molecular formula is C12H20O4. The van der Waals surface area contributed by atoms with Gasteiger partial charge in [-0.05, 0) is 26.7 Å². The molecule has 2 heterocycles. The van der Waals surface area contributed by atoms with E-state index in [0.717, 1.165) is 6.42 Å². The second-order valence-corrected chi connectivity index (χ2v) is 4.89. The summed E-state index contributed by atoms with van der Waals surface area (Å²) in [7, 11) is 0. The van der Waals surface area contributed by atoms with Crippen LogP contribution >= 0.6 is 0 Å². The molecule has 2 aliphatic heterocycles. The fraction of sp³-hybridized carbons (Fsp3) is 0.833. The molecule has 2 rings (SSSR count). The van der Waals surface area contributed by atoms with Gasteiger partial charge in [-0.2, -0.15) is 0 Å². The summed E-state index contributed by atoms with van der Waals surface area (Å²) < 4.78 is 16.9. The standard InChI is InChI=1S/C12H20O4/c1-4-5-6-8(13)9-7-10-11(14-9)16-12(2,3)15-10/h4,8-11,13H,1,5-7H2,2-3H3/t8-,9+,10-,11-/m1/s1. The summed E-state index contributed by atoms with van der Waals surface area (Å²) in [4.78, 5) is 0. The summed E-state index contributed by atoms with van der Waals surface area (Å²) in [6.07, 6.45) is 2.98. The highest BCUT2D eigenvalue weighted by Crippen LogP contribution is 2.38. The number of hydrogen-bond acceptors (Lipinski definition) is 4. The Hall–Kier alpha value is -0.420. The maximum Gasteiger partial charge on any atom is 0.187 e. The number of aliphatic hydroxyl groups excluding tert-OH is 1. The largest absolute Gasteiger partial charge is 0.390 e. The van der Waals surface area contributed by atoms with Crippen LogP contribution in [0.15, 0.2) is 12.7 Å². The molecular weight excluding hydrogens is 208 g/mol. The van der Waals surface area contributed by atoms with E-state index in [1.165, 1.54) is 0 Å². The maximum atomic E-state index is 9.88. The lowest BCUT2D eigenvalue weighted by Crippen LogP contribution is -2.30. The summed E-state index contributed by atoms with van der Waals surface area (Å²) in [6.45, 7) is 7.38. The number of hydrogen-bond donors (Lipinski definition) is 1. The van der Waals surface area contributed by atoms with E-state index in [9.17, 15) is 5.11 Å². The van der Waals surface area contributed by atoms with Crippen molar-refractivity contribution in [3.8, 4) is 0 Å². The van der Waals surface area contributed by atoms with Gasteiger partial charge >= 0.3 is 0 Å². The number of allylic oxidation sites excluding steroid dienone is 1. The van der Waals surface area contributed by atoms with Gasteiger partial charge in [-0.25, -0.2) is 0 Å². The van der Waals surface area contributed by atoms with Gasteiger partial charge in [-0.3, -0.25) is 0 Å². The first-order valence-corrected chi connectivity index (χ1v) is 5.82. The molecule has 1 N–H and O–H groups in total. The molecule has 0 aromatic rings. The van der Waals surface area contributed by atoms with Crippen LogP contribution in [-0.4, -0.2) is 35.5 Å². The van der Waals surface area contributed by atoms with Crippen molar-refractivity contribution in [1.82, 2.24) is 0 Å². The molecule has 0 spiro atoms. The molecule has 0 amide bonds. The minimum absolute atomic E-state index is 0.0432. The smallest absolute Gasteiger partial charge is 0.187 e. The third kappa shape index (κ3) is 2.46. The van der Waals surface area contributed by atoms with Crippen LogP contribution in [0.25, 0.3) is 0 Å². The van der Waals surface area contributed by atoms with Gasteiger partial charge in [-0.15, -0.1) is 6.58 Å². The van der Waals surface area contributed by atoms with Crippen LogP contribution in [0.3, 0.4) is 0 Å². The Balaban J connectivity index is 1.84. The van der Waals surface area contributed by atoms with E-state index in [4.69, 9.17) is 14.2 Å². The van der Waals surface area contributed by atoms with Gasteiger partial charge in [0.25, 0.3) is 0 Å². The molecule has 0 radical (unpaired) electrons. The highest BCUT2D eigenvalue weighted by Gasteiger charge is 2.49. The van der Waals surface area contributed by atoms with Crippen molar-refractivity contribution in [3.63, 3.8) is 0 Å². The number of ether oxygens (including phenoxy) is 3. The Labute approximate surface area is 96.2 Å². The molecule has 4 heteroatoms. The van der Waals surface area contributed by atoms with Gasteiger partial charge in [0, 0.05) is 6.42 Å². The molecule has 16 heavy (non-hydrogen) atoms. The fourth-order valence-electron chi connectivity index (χ4n) is 2.26. The van der Waals surface area contributed by atoms with Crippen LogP contribution in [0.1, 0.15) is 33.1 Å². The highest BCUT2D eigenvalue weighted by molar-refractivity contribution is 4.88. The second-order valence-electron chi connectivity index (χ2n) is 4.89. The van der Waals surface area contributed by atoms with Gasteiger partial charge < -0.3 is 19.3 Å².